The molecular formula is C14H19F2NO. The van der Waals surface area contributed by atoms with Crippen molar-refractivity contribution in [2.24, 2.45) is 0 Å². The molecule has 0 atom stereocenters. The molecule has 1 aromatic carbocycles. The van der Waals surface area contributed by atoms with Crippen molar-refractivity contribution in [2.45, 2.75) is 26.9 Å². The van der Waals surface area contributed by atoms with Gasteiger partial charge in [0.2, 0.25) is 0 Å². The Morgan fingerprint density at radius 3 is 2.44 bits per heavy atom. The number of benzene rings is 1. The van der Waals surface area contributed by atoms with E-state index in [1.165, 1.54) is 5.57 Å². The Hall–Kier alpha value is -1.42. The zero-order chi connectivity index (χ0) is 13.4. The highest BCUT2D eigenvalue weighted by atomic mass is 19.3. The Morgan fingerprint density at radius 2 is 1.94 bits per heavy atom. The van der Waals surface area contributed by atoms with Crippen LogP contribution in [0.4, 0.5) is 8.78 Å². The minimum absolute atomic E-state index is 0.187. The molecule has 0 bridgehead atoms. The third-order valence-corrected chi connectivity index (χ3v) is 2.53. The molecule has 0 aliphatic heterocycles. The lowest BCUT2D eigenvalue weighted by molar-refractivity contribution is -0.0498. The molecule has 100 valence electrons. The van der Waals surface area contributed by atoms with Gasteiger partial charge in [-0.05, 0) is 30.7 Å². The molecule has 1 aromatic rings. The minimum Gasteiger partial charge on any atom is -0.435 e. The topological polar surface area (TPSA) is 21.3 Å². The molecule has 0 aliphatic carbocycles. The fourth-order valence-corrected chi connectivity index (χ4v) is 1.54. The van der Waals surface area contributed by atoms with Crippen molar-refractivity contribution in [2.75, 3.05) is 13.1 Å². The van der Waals surface area contributed by atoms with Crippen molar-refractivity contribution >= 4 is 6.08 Å². The third kappa shape index (κ3) is 5.27. The van der Waals surface area contributed by atoms with Crippen LogP contribution < -0.4 is 10.1 Å². The Morgan fingerprint density at radius 1 is 1.28 bits per heavy atom. The monoisotopic (exact) mass is 255 g/mol. The van der Waals surface area contributed by atoms with Crippen molar-refractivity contribution in [3.63, 3.8) is 0 Å². The number of alkyl halides is 2. The number of rotatable bonds is 7. The van der Waals surface area contributed by atoms with Gasteiger partial charge < -0.3 is 10.1 Å². The van der Waals surface area contributed by atoms with Crippen LogP contribution in [0.2, 0.25) is 0 Å². The Balaban J connectivity index is 2.68. The van der Waals surface area contributed by atoms with Gasteiger partial charge >= 0.3 is 6.61 Å². The van der Waals surface area contributed by atoms with E-state index in [9.17, 15) is 8.78 Å². The largest absolute Gasteiger partial charge is 0.435 e. The lowest BCUT2D eigenvalue weighted by atomic mass is 10.1. The molecule has 1 N–H and O–H groups in total. The SMILES string of the molecule is CCNCC(=Cc1ccc(OC(F)F)cc1)CC. The molecule has 0 saturated heterocycles. The Labute approximate surface area is 107 Å². The van der Waals surface area contributed by atoms with E-state index in [0.717, 1.165) is 25.1 Å². The average molecular weight is 255 g/mol. The van der Waals surface area contributed by atoms with Gasteiger partial charge in [-0.15, -0.1) is 0 Å². The predicted octanol–water partition coefficient (Wildman–Crippen LogP) is 3.69. The van der Waals surface area contributed by atoms with Crippen LogP contribution in [0.15, 0.2) is 29.8 Å². The molecule has 2 nitrogen and oxygen atoms in total. The predicted molar refractivity (Wildman–Crippen MR) is 69.9 cm³/mol. The number of hydrogen-bond donors (Lipinski definition) is 1. The van der Waals surface area contributed by atoms with E-state index in [2.05, 4.69) is 30.0 Å². The summed E-state index contributed by atoms with van der Waals surface area (Å²) in [6.07, 6.45) is 3.02. The fourth-order valence-electron chi connectivity index (χ4n) is 1.54. The Bertz CT molecular complexity index is 374. The first-order valence-corrected chi connectivity index (χ1v) is 6.10. The van der Waals surface area contributed by atoms with Crippen molar-refractivity contribution in [1.29, 1.82) is 0 Å². The van der Waals surface area contributed by atoms with Crippen molar-refractivity contribution in [1.82, 2.24) is 5.32 Å². The molecular weight excluding hydrogens is 236 g/mol. The van der Waals surface area contributed by atoms with Gasteiger partial charge in [0.1, 0.15) is 5.75 Å². The smallest absolute Gasteiger partial charge is 0.387 e. The summed E-state index contributed by atoms with van der Waals surface area (Å²) >= 11 is 0. The van der Waals surface area contributed by atoms with Crippen LogP contribution >= 0.6 is 0 Å². The fraction of sp³-hybridized carbons (Fsp3) is 0.429. The summed E-state index contributed by atoms with van der Waals surface area (Å²) in [5, 5.41) is 3.26. The maximum absolute atomic E-state index is 12.0. The molecule has 0 amide bonds. The van der Waals surface area contributed by atoms with Crippen LogP contribution in [0, 0.1) is 0 Å². The Kier molecular flexibility index (Phi) is 6.36. The second kappa shape index (κ2) is 7.82. The van der Waals surface area contributed by atoms with E-state index in [1.807, 2.05) is 0 Å². The zero-order valence-electron chi connectivity index (χ0n) is 10.7. The molecule has 0 radical (unpaired) electrons. The number of nitrogens with one attached hydrogen (secondary N) is 1. The van der Waals surface area contributed by atoms with Crippen LogP contribution in [0.3, 0.4) is 0 Å². The van der Waals surface area contributed by atoms with Gasteiger partial charge in [0.25, 0.3) is 0 Å². The lowest BCUT2D eigenvalue weighted by Crippen LogP contribution is -2.15. The molecule has 0 heterocycles. The van der Waals surface area contributed by atoms with Crippen molar-refractivity contribution < 1.29 is 13.5 Å². The van der Waals surface area contributed by atoms with Crippen LogP contribution in [0.5, 0.6) is 5.75 Å². The highest BCUT2D eigenvalue weighted by Crippen LogP contribution is 2.17. The molecule has 0 unspecified atom stereocenters. The molecule has 0 spiro atoms. The summed E-state index contributed by atoms with van der Waals surface area (Å²) in [5.41, 5.74) is 2.27. The summed E-state index contributed by atoms with van der Waals surface area (Å²) in [4.78, 5) is 0. The normalized spacial score (nSPS) is 11.9. The number of halogens is 2. The highest BCUT2D eigenvalue weighted by molar-refractivity contribution is 5.54. The molecule has 0 aliphatic rings. The van der Waals surface area contributed by atoms with Crippen LogP contribution in [0.25, 0.3) is 6.08 Å². The van der Waals surface area contributed by atoms with Gasteiger partial charge in [0.15, 0.2) is 0 Å². The molecule has 4 heteroatoms. The third-order valence-electron chi connectivity index (χ3n) is 2.53. The lowest BCUT2D eigenvalue weighted by Gasteiger charge is -2.07. The molecule has 1 rings (SSSR count). The second-order valence-electron chi connectivity index (χ2n) is 3.88. The standard InChI is InChI=1S/C14H19F2NO/c1-3-11(10-17-4-2)9-12-5-7-13(8-6-12)18-14(15)16/h5-9,14,17H,3-4,10H2,1-2H3. The van der Waals surface area contributed by atoms with E-state index in [-0.39, 0.29) is 5.75 Å². The highest BCUT2D eigenvalue weighted by Gasteiger charge is 2.03. The van der Waals surface area contributed by atoms with Crippen LogP contribution in [-0.4, -0.2) is 19.7 Å². The number of likely N-dealkylation sites (N-methyl/N-ethyl adjacent to an activating group) is 1. The summed E-state index contributed by atoms with van der Waals surface area (Å²) in [5.74, 6) is 0.187. The van der Waals surface area contributed by atoms with Crippen molar-refractivity contribution in [3.8, 4) is 5.75 Å². The second-order valence-corrected chi connectivity index (χ2v) is 3.88. The maximum Gasteiger partial charge on any atom is 0.387 e. The minimum atomic E-state index is -2.77. The number of ether oxygens (including phenoxy) is 1. The van der Waals surface area contributed by atoms with Gasteiger partial charge in [-0.25, -0.2) is 0 Å². The quantitative estimate of drug-likeness (QED) is 0.802. The summed E-state index contributed by atoms with van der Waals surface area (Å²) in [6, 6.07) is 6.66. The first-order valence-electron chi connectivity index (χ1n) is 6.10. The average Bonchev–Trinajstić information content (AvgIpc) is 2.36. The van der Waals surface area contributed by atoms with E-state index in [4.69, 9.17) is 0 Å². The van der Waals surface area contributed by atoms with Crippen molar-refractivity contribution in [3.05, 3.63) is 35.4 Å². The van der Waals surface area contributed by atoms with Crippen LogP contribution in [0.1, 0.15) is 25.8 Å². The molecule has 0 fully saturated rings. The molecule has 0 saturated carbocycles. The van der Waals surface area contributed by atoms with Gasteiger partial charge in [0.05, 0.1) is 0 Å². The van der Waals surface area contributed by atoms with E-state index >= 15 is 0 Å². The first kappa shape index (κ1) is 14.6. The maximum atomic E-state index is 12.0. The van der Waals surface area contributed by atoms with E-state index < -0.39 is 6.61 Å². The van der Waals surface area contributed by atoms with E-state index in [1.54, 1.807) is 24.3 Å². The first-order chi connectivity index (χ1) is 8.65. The number of hydrogen-bond acceptors (Lipinski definition) is 2. The molecule has 18 heavy (non-hydrogen) atoms. The summed E-state index contributed by atoms with van der Waals surface area (Å²) in [7, 11) is 0. The van der Waals surface area contributed by atoms with E-state index in [0.29, 0.717) is 0 Å². The van der Waals surface area contributed by atoms with Gasteiger partial charge in [-0.3, -0.25) is 0 Å². The van der Waals surface area contributed by atoms with Gasteiger partial charge in [-0.2, -0.15) is 8.78 Å². The van der Waals surface area contributed by atoms with Gasteiger partial charge in [-0.1, -0.05) is 37.6 Å². The summed E-state index contributed by atoms with van der Waals surface area (Å²) < 4.78 is 28.3. The van der Waals surface area contributed by atoms with Crippen LogP contribution in [-0.2, 0) is 0 Å². The van der Waals surface area contributed by atoms with Gasteiger partial charge in [0, 0.05) is 6.54 Å². The molecule has 0 aromatic heterocycles. The zero-order valence-corrected chi connectivity index (χ0v) is 10.7. The summed E-state index contributed by atoms with van der Waals surface area (Å²) in [6.45, 7) is 3.16.